The Balaban J connectivity index is 1.51. The number of carbonyl (C=O) groups excluding carboxylic acids is 3. The average Bonchev–Trinajstić information content (AvgIpc) is 3.23. The lowest BCUT2D eigenvalue weighted by atomic mass is 9.84. The lowest BCUT2D eigenvalue weighted by Crippen LogP contribution is -2.40. The van der Waals surface area contributed by atoms with E-state index >= 15 is 0 Å². The Bertz CT molecular complexity index is 1160. The summed E-state index contributed by atoms with van der Waals surface area (Å²) >= 11 is 0. The number of rotatable bonds is 4. The van der Waals surface area contributed by atoms with Crippen LogP contribution in [-0.4, -0.2) is 57.4 Å². The molecule has 0 radical (unpaired) electrons. The van der Waals surface area contributed by atoms with Crippen molar-refractivity contribution in [3.05, 3.63) is 51.8 Å². The molecule has 182 valence electrons. The molecule has 0 spiro atoms. The monoisotopic (exact) mass is 481 g/mol. The summed E-state index contributed by atoms with van der Waals surface area (Å²) in [6.45, 7) is 2.61. The van der Waals surface area contributed by atoms with Crippen molar-refractivity contribution in [1.29, 1.82) is 0 Å². The summed E-state index contributed by atoms with van der Waals surface area (Å²) in [4.78, 5) is 39.1. The third-order valence-electron chi connectivity index (χ3n) is 6.55. The van der Waals surface area contributed by atoms with Crippen LogP contribution in [0.5, 0.6) is 0 Å². The first-order valence-electron chi connectivity index (χ1n) is 10.8. The predicted molar refractivity (Wildman–Crippen MR) is 111 cm³/mol. The third-order valence-corrected chi connectivity index (χ3v) is 6.55. The molecule has 4 rings (SSSR count). The minimum Gasteiger partial charge on any atom is -0.364 e. The maximum absolute atomic E-state index is 14.4. The van der Waals surface area contributed by atoms with Gasteiger partial charge >= 0.3 is 5.92 Å². The van der Waals surface area contributed by atoms with Gasteiger partial charge in [0.1, 0.15) is 0 Å². The smallest absolute Gasteiger partial charge is 0.352 e. The molecule has 1 fully saturated rings. The van der Waals surface area contributed by atoms with Crippen LogP contribution in [0.4, 0.5) is 17.6 Å². The van der Waals surface area contributed by atoms with E-state index in [0.717, 1.165) is 17.7 Å². The second-order valence-corrected chi connectivity index (χ2v) is 8.55. The molecule has 2 aliphatic heterocycles. The van der Waals surface area contributed by atoms with Crippen LogP contribution in [0.15, 0.2) is 12.1 Å². The van der Waals surface area contributed by atoms with E-state index in [1.807, 2.05) is 0 Å². The highest BCUT2D eigenvalue weighted by atomic mass is 19.3. The lowest BCUT2D eigenvalue weighted by molar-refractivity contribution is -0.143. The van der Waals surface area contributed by atoms with Crippen LogP contribution in [0.3, 0.4) is 0 Å². The molecule has 0 saturated carbocycles. The highest BCUT2D eigenvalue weighted by Crippen LogP contribution is 2.40. The zero-order valence-corrected chi connectivity index (χ0v) is 18.3. The molecular weight excluding hydrogens is 458 g/mol. The third kappa shape index (κ3) is 4.01. The van der Waals surface area contributed by atoms with E-state index in [4.69, 9.17) is 5.73 Å². The number of nitrogens with two attached hydrogens (primary N) is 1. The fourth-order valence-corrected chi connectivity index (χ4v) is 4.66. The second kappa shape index (κ2) is 8.73. The van der Waals surface area contributed by atoms with Crippen molar-refractivity contribution in [1.82, 2.24) is 20.0 Å². The summed E-state index contributed by atoms with van der Waals surface area (Å²) in [7, 11) is 0. The lowest BCUT2D eigenvalue weighted by Gasteiger charge is -2.33. The van der Waals surface area contributed by atoms with E-state index in [1.54, 1.807) is 4.90 Å². The van der Waals surface area contributed by atoms with Gasteiger partial charge in [-0.3, -0.25) is 19.5 Å². The summed E-state index contributed by atoms with van der Waals surface area (Å²) in [5, 5.41) is 6.95. The quantitative estimate of drug-likeness (QED) is 0.652. The van der Waals surface area contributed by atoms with Crippen molar-refractivity contribution in [2.75, 3.05) is 19.6 Å². The number of benzene rings is 1. The fraction of sp³-hybridized carbons (Fsp3) is 0.455. The SMILES string of the molecule is CC(=O)N1CCc2c(C(=O)N3CCC(c4ccc(F)c(F)c4C(F)(F)C(N)=O)CC3)n[nH]c2C1. The number of aromatic nitrogens is 2. The molecule has 3 amide bonds. The van der Waals surface area contributed by atoms with Crippen LogP contribution in [-0.2, 0) is 28.5 Å². The van der Waals surface area contributed by atoms with Crippen LogP contribution in [0, 0.1) is 11.6 Å². The largest absolute Gasteiger partial charge is 0.364 e. The molecule has 3 heterocycles. The molecule has 2 aromatic rings. The minimum atomic E-state index is -4.38. The highest BCUT2D eigenvalue weighted by molar-refractivity contribution is 5.94. The van der Waals surface area contributed by atoms with Gasteiger partial charge in [-0.1, -0.05) is 6.07 Å². The Morgan fingerprint density at radius 2 is 1.79 bits per heavy atom. The molecule has 0 aliphatic carbocycles. The number of nitrogens with zero attached hydrogens (tertiary/aromatic N) is 3. The zero-order chi connectivity index (χ0) is 24.8. The molecule has 1 aromatic carbocycles. The number of carbonyl (C=O) groups is 3. The van der Waals surface area contributed by atoms with Gasteiger partial charge in [0.25, 0.3) is 11.8 Å². The number of H-pyrrole nitrogens is 1. The van der Waals surface area contributed by atoms with Crippen LogP contribution in [0.1, 0.15) is 58.6 Å². The van der Waals surface area contributed by atoms with Crippen LogP contribution < -0.4 is 5.73 Å². The number of alkyl halides is 2. The number of piperidine rings is 1. The number of aromatic amines is 1. The average molecular weight is 481 g/mol. The van der Waals surface area contributed by atoms with Gasteiger partial charge in [0, 0.05) is 32.1 Å². The molecule has 3 N–H and O–H groups in total. The summed E-state index contributed by atoms with van der Waals surface area (Å²) < 4.78 is 56.8. The molecule has 12 heteroatoms. The maximum atomic E-state index is 14.4. The maximum Gasteiger partial charge on any atom is 0.352 e. The number of hydrogen-bond donors (Lipinski definition) is 2. The first-order valence-corrected chi connectivity index (χ1v) is 10.8. The predicted octanol–water partition coefficient (Wildman–Crippen LogP) is 2.19. The van der Waals surface area contributed by atoms with Gasteiger partial charge in [0.15, 0.2) is 17.3 Å². The van der Waals surface area contributed by atoms with Crippen molar-refractivity contribution >= 4 is 17.7 Å². The van der Waals surface area contributed by atoms with Gasteiger partial charge in [0.2, 0.25) is 5.91 Å². The Kier molecular flexibility index (Phi) is 6.09. The van der Waals surface area contributed by atoms with Crippen molar-refractivity contribution < 1.29 is 31.9 Å². The van der Waals surface area contributed by atoms with E-state index in [0.29, 0.717) is 25.2 Å². The molecule has 8 nitrogen and oxygen atoms in total. The highest BCUT2D eigenvalue weighted by Gasteiger charge is 2.45. The van der Waals surface area contributed by atoms with Gasteiger partial charge in [-0.05, 0) is 36.8 Å². The molecule has 0 bridgehead atoms. The second-order valence-electron chi connectivity index (χ2n) is 8.55. The van der Waals surface area contributed by atoms with Crippen molar-refractivity contribution in [2.24, 2.45) is 5.73 Å². The van der Waals surface area contributed by atoms with Gasteiger partial charge in [0.05, 0.1) is 17.8 Å². The molecule has 2 aliphatic rings. The summed E-state index contributed by atoms with van der Waals surface area (Å²) in [5.74, 6) is -10.8. The standard InChI is InChI=1S/C22H23F4N5O3/c1-11(32)31-9-6-14-16(10-31)28-29-19(14)20(33)30-7-4-12(5-8-30)13-2-3-15(23)18(24)17(13)22(25,26)21(27)34/h2-3,12H,4-10H2,1H3,(H2,27,34)(H,28,29). The van der Waals surface area contributed by atoms with E-state index in [2.05, 4.69) is 10.2 Å². The van der Waals surface area contributed by atoms with Gasteiger partial charge in [-0.15, -0.1) is 0 Å². The summed E-state index contributed by atoms with van der Waals surface area (Å²) in [6, 6.07) is 1.78. The van der Waals surface area contributed by atoms with E-state index in [1.165, 1.54) is 11.8 Å². The molecule has 0 unspecified atom stereocenters. The summed E-state index contributed by atoms with van der Waals surface area (Å²) in [5.41, 5.74) is 4.90. The first kappa shape index (κ1) is 23.7. The number of halogens is 4. The van der Waals surface area contributed by atoms with Gasteiger partial charge in [-0.25, -0.2) is 8.78 Å². The molecule has 1 aromatic heterocycles. The minimum absolute atomic E-state index is 0.0753. The Morgan fingerprint density at radius 3 is 2.41 bits per heavy atom. The number of likely N-dealkylation sites (tertiary alicyclic amines) is 1. The molecule has 1 saturated heterocycles. The first-order chi connectivity index (χ1) is 16.0. The van der Waals surface area contributed by atoms with Crippen molar-refractivity contribution in [3.63, 3.8) is 0 Å². The molecule has 34 heavy (non-hydrogen) atoms. The number of fused-ring (bicyclic) bond motifs is 1. The molecular formula is C22H23F4N5O3. The number of hydrogen-bond acceptors (Lipinski definition) is 4. The molecule has 0 atom stereocenters. The van der Waals surface area contributed by atoms with E-state index < -0.39 is 34.9 Å². The van der Waals surface area contributed by atoms with Crippen LogP contribution in [0.25, 0.3) is 0 Å². The Morgan fingerprint density at radius 1 is 1.12 bits per heavy atom. The van der Waals surface area contributed by atoms with Crippen molar-refractivity contribution in [3.8, 4) is 0 Å². The van der Waals surface area contributed by atoms with E-state index in [9.17, 15) is 31.9 Å². The van der Waals surface area contributed by atoms with Crippen LogP contribution in [0.2, 0.25) is 0 Å². The topological polar surface area (TPSA) is 112 Å². The zero-order valence-electron chi connectivity index (χ0n) is 18.3. The van der Waals surface area contributed by atoms with Gasteiger partial charge in [-0.2, -0.15) is 13.9 Å². The normalized spacial score (nSPS) is 17.0. The number of primary amides is 1. The number of nitrogens with one attached hydrogen (secondary N) is 1. The Hall–Kier alpha value is -3.44. The van der Waals surface area contributed by atoms with Crippen LogP contribution >= 0.6 is 0 Å². The fourth-order valence-electron chi connectivity index (χ4n) is 4.66. The Labute approximate surface area is 192 Å². The summed E-state index contributed by atoms with van der Waals surface area (Å²) in [6.07, 6.45) is 0.871. The van der Waals surface area contributed by atoms with E-state index in [-0.39, 0.29) is 49.0 Å². The van der Waals surface area contributed by atoms with Gasteiger partial charge < -0.3 is 15.5 Å². The number of amides is 3. The van der Waals surface area contributed by atoms with Crippen molar-refractivity contribution in [2.45, 2.75) is 44.6 Å².